The molecule has 0 saturated carbocycles. The van der Waals surface area contributed by atoms with Crippen LogP contribution in [-0.2, 0) is 10.3 Å². The van der Waals surface area contributed by atoms with E-state index < -0.39 is 0 Å². The van der Waals surface area contributed by atoms with Gasteiger partial charge in [0.05, 0.1) is 7.11 Å². The highest BCUT2D eigenvalue weighted by molar-refractivity contribution is 5.38. The average molecular weight is 254 g/mol. The van der Waals surface area contributed by atoms with Crippen molar-refractivity contribution in [1.29, 1.82) is 0 Å². The van der Waals surface area contributed by atoms with Crippen LogP contribution in [0.1, 0.15) is 29.7 Å². The van der Waals surface area contributed by atoms with Gasteiger partial charge in [-0.05, 0) is 37.1 Å². The third-order valence-corrected chi connectivity index (χ3v) is 3.85. The minimum Gasteiger partial charge on any atom is -0.497 e. The molecule has 0 aliphatic carbocycles. The number of rotatable bonds is 3. The highest BCUT2D eigenvalue weighted by atomic mass is 16.6. The maximum atomic E-state index is 5.95. The van der Waals surface area contributed by atoms with E-state index in [0.717, 1.165) is 5.75 Å². The zero-order valence-electron chi connectivity index (χ0n) is 11.5. The lowest BCUT2D eigenvalue weighted by Crippen LogP contribution is -2.04. The van der Waals surface area contributed by atoms with Crippen LogP contribution in [0.15, 0.2) is 48.5 Å². The molecule has 1 fully saturated rings. The van der Waals surface area contributed by atoms with Gasteiger partial charge < -0.3 is 9.47 Å². The van der Waals surface area contributed by atoms with Crippen molar-refractivity contribution in [2.75, 3.05) is 7.11 Å². The van der Waals surface area contributed by atoms with Crippen molar-refractivity contribution >= 4 is 0 Å². The standard InChI is InChI=1S/C17H18O2/c1-12-4-6-13(7-5-12)16-17(2,19-16)14-8-10-15(18-3)11-9-14/h4-11,16H,1-3H3. The number of aryl methyl sites for hydroxylation is 1. The molecule has 19 heavy (non-hydrogen) atoms. The van der Waals surface area contributed by atoms with Crippen LogP contribution in [0.2, 0.25) is 0 Å². The Morgan fingerprint density at radius 3 is 2.21 bits per heavy atom. The molecule has 1 aliphatic heterocycles. The molecule has 0 radical (unpaired) electrons. The fraction of sp³-hybridized carbons (Fsp3) is 0.294. The molecule has 0 aromatic heterocycles. The number of hydrogen-bond donors (Lipinski definition) is 0. The van der Waals surface area contributed by atoms with Gasteiger partial charge in [0, 0.05) is 0 Å². The second-order valence-corrected chi connectivity index (χ2v) is 5.24. The summed E-state index contributed by atoms with van der Waals surface area (Å²) in [7, 11) is 1.68. The molecule has 0 amide bonds. The monoisotopic (exact) mass is 254 g/mol. The second kappa shape index (κ2) is 4.39. The Morgan fingerprint density at radius 1 is 1.00 bits per heavy atom. The van der Waals surface area contributed by atoms with Crippen molar-refractivity contribution in [2.45, 2.75) is 25.6 Å². The van der Waals surface area contributed by atoms with Crippen molar-refractivity contribution in [3.05, 3.63) is 65.2 Å². The zero-order chi connectivity index (χ0) is 13.5. The number of ether oxygens (including phenoxy) is 2. The molecule has 1 aliphatic rings. The first-order valence-electron chi connectivity index (χ1n) is 6.52. The first-order valence-corrected chi connectivity index (χ1v) is 6.52. The summed E-state index contributed by atoms with van der Waals surface area (Å²) in [5, 5.41) is 0. The minimum atomic E-state index is -0.207. The van der Waals surface area contributed by atoms with Gasteiger partial charge in [-0.25, -0.2) is 0 Å². The second-order valence-electron chi connectivity index (χ2n) is 5.24. The van der Waals surface area contributed by atoms with Gasteiger partial charge in [-0.3, -0.25) is 0 Å². The average Bonchev–Trinajstić information content (AvgIpc) is 3.13. The third kappa shape index (κ3) is 2.13. The van der Waals surface area contributed by atoms with E-state index in [1.54, 1.807) is 7.11 Å². The van der Waals surface area contributed by atoms with Crippen LogP contribution in [0.4, 0.5) is 0 Å². The first kappa shape index (κ1) is 12.2. The van der Waals surface area contributed by atoms with Gasteiger partial charge in [-0.2, -0.15) is 0 Å². The van der Waals surface area contributed by atoms with Crippen LogP contribution < -0.4 is 4.74 Å². The van der Waals surface area contributed by atoms with Crippen LogP contribution in [0.3, 0.4) is 0 Å². The van der Waals surface area contributed by atoms with Gasteiger partial charge in [0.25, 0.3) is 0 Å². The van der Waals surface area contributed by atoms with Gasteiger partial charge in [0.2, 0.25) is 0 Å². The van der Waals surface area contributed by atoms with Crippen molar-refractivity contribution in [1.82, 2.24) is 0 Å². The van der Waals surface area contributed by atoms with E-state index in [4.69, 9.17) is 9.47 Å². The number of epoxide rings is 1. The van der Waals surface area contributed by atoms with E-state index >= 15 is 0 Å². The Labute approximate surface area is 114 Å². The molecule has 2 heteroatoms. The number of hydrogen-bond acceptors (Lipinski definition) is 2. The SMILES string of the molecule is COc1ccc(C2(C)OC2c2ccc(C)cc2)cc1. The summed E-state index contributed by atoms with van der Waals surface area (Å²) in [5.41, 5.74) is 3.50. The number of methoxy groups -OCH3 is 1. The molecule has 98 valence electrons. The molecule has 2 aromatic carbocycles. The van der Waals surface area contributed by atoms with Gasteiger partial charge in [0.1, 0.15) is 17.5 Å². The fourth-order valence-electron chi connectivity index (χ4n) is 2.48. The summed E-state index contributed by atoms with van der Waals surface area (Å²) in [6.07, 6.45) is 0.154. The normalized spacial score (nSPS) is 25.1. The molecular weight excluding hydrogens is 236 g/mol. The van der Waals surface area contributed by atoms with Crippen LogP contribution in [-0.4, -0.2) is 7.11 Å². The molecule has 2 unspecified atom stereocenters. The third-order valence-electron chi connectivity index (χ3n) is 3.85. The summed E-state index contributed by atoms with van der Waals surface area (Å²) >= 11 is 0. The maximum absolute atomic E-state index is 5.95. The predicted molar refractivity (Wildman–Crippen MR) is 75.4 cm³/mol. The van der Waals surface area contributed by atoms with Crippen LogP contribution in [0, 0.1) is 6.92 Å². The molecule has 2 atom stereocenters. The quantitative estimate of drug-likeness (QED) is 0.772. The summed E-state index contributed by atoms with van der Waals surface area (Å²) in [5.74, 6) is 0.875. The maximum Gasteiger partial charge on any atom is 0.122 e. The Kier molecular flexibility index (Phi) is 2.83. The molecule has 2 nitrogen and oxygen atoms in total. The number of benzene rings is 2. The largest absolute Gasteiger partial charge is 0.497 e. The van der Waals surface area contributed by atoms with E-state index in [1.165, 1.54) is 16.7 Å². The first-order chi connectivity index (χ1) is 9.13. The molecule has 1 saturated heterocycles. The van der Waals surface area contributed by atoms with Crippen LogP contribution >= 0.6 is 0 Å². The summed E-state index contributed by atoms with van der Waals surface area (Å²) in [4.78, 5) is 0. The van der Waals surface area contributed by atoms with E-state index in [9.17, 15) is 0 Å². The van der Waals surface area contributed by atoms with E-state index in [2.05, 4.69) is 50.2 Å². The van der Waals surface area contributed by atoms with Gasteiger partial charge in [-0.1, -0.05) is 42.0 Å². The van der Waals surface area contributed by atoms with E-state index in [-0.39, 0.29) is 11.7 Å². The summed E-state index contributed by atoms with van der Waals surface area (Å²) in [6, 6.07) is 16.7. The van der Waals surface area contributed by atoms with Crippen molar-refractivity contribution < 1.29 is 9.47 Å². The zero-order valence-corrected chi connectivity index (χ0v) is 11.5. The van der Waals surface area contributed by atoms with Gasteiger partial charge in [0.15, 0.2) is 0 Å². The van der Waals surface area contributed by atoms with Crippen molar-refractivity contribution in [2.24, 2.45) is 0 Å². The molecular formula is C17H18O2. The van der Waals surface area contributed by atoms with Crippen LogP contribution in [0.25, 0.3) is 0 Å². The highest BCUT2D eigenvalue weighted by Gasteiger charge is 2.54. The predicted octanol–water partition coefficient (Wildman–Crippen LogP) is 3.99. The smallest absolute Gasteiger partial charge is 0.122 e. The lowest BCUT2D eigenvalue weighted by Gasteiger charge is -2.08. The van der Waals surface area contributed by atoms with Crippen molar-refractivity contribution in [3.8, 4) is 5.75 Å². The molecule has 0 spiro atoms. The topological polar surface area (TPSA) is 21.8 Å². The van der Waals surface area contributed by atoms with Gasteiger partial charge >= 0.3 is 0 Å². The van der Waals surface area contributed by atoms with E-state index in [0.29, 0.717) is 0 Å². The molecule has 0 bridgehead atoms. The van der Waals surface area contributed by atoms with Crippen LogP contribution in [0.5, 0.6) is 5.75 Å². The van der Waals surface area contributed by atoms with Crippen molar-refractivity contribution in [3.63, 3.8) is 0 Å². The Bertz CT molecular complexity index is 571. The highest BCUT2D eigenvalue weighted by Crippen LogP contribution is 2.56. The summed E-state index contributed by atoms with van der Waals surface area (Å²) < 4.78 is 11.1. The fourth-order valence-corrected chi connectivity index (χ4v) is 2.48. The Balaban J connectivity index is 1.84. The van der Waals surface area contributed by atoms with Gasteiger partial charge in [-0.15, -0.1) is 0 Å². The minimum absolute atomic E-state index is 0.154. The Morgan fingerprint density at radius 2 is 1.63 bits per heavy atom. The lowest BCUT2D eigenvalue weighted by molar-refractivity contribution is 0.313. The molecule has 2 aromatic rings. The molecule has 3 rings (SSSR count). The summed E-state index contributed by atoms with van der Waals surface area (Å²) in [6.45, 7) is 4.24. The lowest BCUT2D eigenvalue weighted by atomic mass is 9.93. The van der Waals surface area contributed by atoms with E-state index in [1.807, 2.05) is 12.1 Å². The molecule has 0 N–H and O–H groups in total. The molecule has 1 heterocycles. The Hall–Kier alpha value is -1.80.